The van der Waals surface area contributed by atoms with E-state index in [0.29, 0.717) is 15.6 Å². The summed E-state index contributed by atoms with van der Waals surface area (Å²) in [5.41, 5.74) is 0.503. The second-order valence-corrected chi connectivity index (χ2v) is 6.48. The summed E-state index contributed by atoms with van der Waals surface area (Å²) in [5, 5.41) is 4.42. The fourth-order valence-electron chi connectivity index (χ4n) is 1.44. The first kappa shape index (κ1) is 15.8. The molecule has 21 heavy (non-hydrogen) atoms. The smallest absolute Gasteiger partial charge is 0.207 e. The Morgan fingerprint density at radius 1 is 1.10 bits per heavy atom. The highest BCUT2D eigenvalue weighted by atomic mass is 35.5. The van der Waals surface area contributed by atoms with Gasteiger partial charge in [0.05, 0.1) is 16.1 Å². The lowest BCUT2D eigenvalue weighted by molar-refractivity contribution is 0.583. The third-order valence-electron chi connectivity index (χ3n) is 2.46. The quantitative estimate of drug-likeness (QED) is 0.680. The van der Waals surface area contributed by atoms with E-state index < -0.39 is 15.8 Å². The molecule has 0 saturated carbocycles. The average molecular weight is 347 g/mol. The van der Waals surface area contributed by atoms with Crippen molar-refractivity contribution >= 4 is 39.4 Å². The lowest BCUT2D eigenvalue weighted by Gasteiger charge is -2.03. The Labute approximate surface area is 131 Å². The van der Waals surface area contributed by atoms with Gasteiger partial charge in [-0.15, -0.1) is 0 Å². The first-order valence-electron chi connectivity index (χ1n) is 5.64. The maximum Gasteiger partial charge on any atom is 0.276 e. The summed E-state index contributed by atoms with van der Waals surface area (Å²) >= 11 is 11.7. The van der Waals surface area contributed by atoms with Crippen LogP contribution in [0.25, 0.3) is 0 Å². The van der Waals surface area contributed by atoms with Crippen molar-refractivity contribution in [1.29, 1.82) is 0 Å². The largest absolute Gasteiger partial charge is 0.276 e. The summed E-state index contributed by atoms with van der Waals surface area (Å²) in [5.74, 6) is -0.523. The molecule has 2 aromatic rings. The molecule has 0 saturated heterocycles. The van der Waals surface area contributed by atoms with E-state index in [-0.39, 0.29) is 4.90 Å². The van der Waals surface area contributed by atoms with E-state index in [2.05, 4.69) is 5.10 Å². The minimum atomic E-state index is -3.85. The van der Waals surface area contributed by atoms with Crippen LogP contribution in [-0.2, 0) is 10.0 Å². The molecule has 1 N–H and O–H groups in total. The highest BCUT2D eigenvalue weighted by molar-refractivity contribution is 7.89. The second kappa shape index (κ2) is 6.43. The predicted octanol–water partition coefficient (Wildman–Crippen LogP) is 3.44. The van der Waals surface area contributed by atoms with Crippen LogP contribution in [0.5, 0.6) is 0 Å². The molecule has 2 aromatic carbocycles. The van der Waals surface area contributed by atoms with Crippen molar-refractivity contribution < 1.29 is 12.8 Å². The van der Waals surface area contributed by atoms with Crippen molar-refractivity contribution in [2.45, 2.75) is 4.90 Å². The monoisotopic (exact) mass is 346 g/mol. The van der Waals surface area contributed by atoms with E-state index in [0.717, 1.165) is 24.3 Å². The average Bonchev–Trinajstić information content (AvgIpc) is 2.41. The molecule has 0 amide bonds. The number of hydrazone groups is 1. The van der Waals surface area contributed by atoms with Gasteiger partial charge in [0.1, 0.15) is 5.82 Å². The molecule has 110 valence electrons. The van der Waals surface area contributed by atoms with Crippen LogP contribution in [0.2, 0.25) is 10.0 Å². The third kappa shape index (κ3) is 4.17. The number of rotatable bonds is 4. The zero-order chi connectivity index (χ0) is 15.5. The first-order valence-corrected chi connectivity index (χ1v) is 7.88. The van der Waals surface area contributed by atoms with Gasteiger partial charge < -0.3 is 0 Å². The Morgan fingerprint density at radius 3 is 2.38 bits per heavy atom. The molecule has 2 rings (SSSR count). The maximum absolute atomic E-state index is 12.8. The lowest BCUT2D eigenvalue weighted by Crippen LogP contribution is -2.18. The fourth-order valence-corrected chi connectivity index (χ4v) is 2.69. The van der Waals surface area contributed by atoms with Gasteiger partial charge >= 0.3 is 0 Å². The number of benzene rings is 2. The molecule has 0 aliphatic heterocycles. The molecule has 4 nitrogen and oxygen atoms in total. The van der Waals surface area contributed by atoms with Gasteiger partial charge in [-0.2, -0.15) is 13.5 Å². The number of sulfonamides is 1. The minimum absolute atomic E-state index is 0.0942. The minimum Gasteiger partial charge on any atom is -0.207 e. The highest BCUT2D eigenvalue weighted by Gasteiger charge is 2.12. The molecule has 8 heteroatoms. The van der Waals surface area contributed by atoms with Gasteiger partial charge in [0.2, 0.25) is 0 Å². The number of hydrogen-bond acceptors (Lipinski definition) is 3. The second-order valence-electron chi connectivity index (χ2n) is 3.97. The zero-order valence-corrected chi connectivity index (χ0v) is 12.8. The Bertz CT molecular complexity index is 777. The number of halogens is 3. The number of nitrogens with zero attached hydrogens (tertiary/aromatic N) is 1. The molecular weight excluding hydrogens is 338 g/mol. The van der Waals surface area contributed by atoms with Crippen LogP contribution in [0.3, 0.4) is 0 Å². The summed E-state index contributed by atoms with van der Waals surface area (Å²) in [6.07, 6.45) is 1.25. The Balaban J connectivity index is 2.14. The normalized spacial score (nSPS) is 11.8. The van der Waals surface area contributed by atoms with E-state index in [4.69, 9.17) is 23.2 Å². The van der Waals surface area contributed by atoms with Crippen molar-refractivity contribution in [3.8, 4) is 0 Å². The fraction of sp³-hybridized carbons (Fsp3) is 0. The van der Waals surface area contributed by atoms with Crippen molar-refractivity contribution in [2.75, 3.05) is 0 Å². The predicted molar refractivity (Wildman–Crippen MR) is 80.8 cm³/mol. The van der Waals surface area contributed by atoms with Gasteiger partial charge in [0.25, 0.3) is 10.0 Å². The summed E-state index contributed by atoms with van der Waals surface area (Å²) in [7, 11) is -3.85. The van der Waals surface area contributed by atoms with E-state index in [1.165, 1.54) is 12.3 Å². The molecule has 0 spiro atoms. The van der Waals surface area contributed by atoms with Crippen LogP contribution < -0.4 is 4.83 Å². The molecule has 0 bridgehead atoms. The van der Waals surface area contributed by atoms with E-state index in [1.807, 2.05) is 4.83 Å². The van der Waals surface area contributed by atoms with Crippen LogP contribution >= 0.6 is 23.2 Å². The zero-order valence-electron chi connectivity index (χ0n) is 10.4. The summed E-state index contributed by atoms with van der Waals surface area (Å²) in [6, 6.07) is 9.09. The van der Waals surface area contributed by atoms with E-state index >= 15 is 0 Å². The molecule has 0 unspecified atom stereocenters. The highest BCUT2D eigenvalue weighted by Crippen LogP contribution is 2.19. The standard InChI is InChI=1S/C13H9Cl2FN2O2S/c14-10-2-1-9(13(15)7-10)8-17-18-21(19,20)12-5-3-11(16)4-6-12/h1-8,18H/b17-8+. The molecule has 0 aliphatic carbocycles. The van der Waals surface area contributed by atoms with Gasteiger partial charge in [-0.1, -0.05) is 29.3 Å². The molecule has 0 atom stereocenters. The summed E-state index contributed by atoms with van der Waals surface area (Å²) in [6.45, 7) is 0. The van der Waals surface area contributed by atoms with Gasteiger partial charge in [0, 0.05) is 10.6 Å². The van der Waals surface area contributed by atoms with Gasteiger partial charge in [0.15, 0.2) is 0 Å². The van der Waals surface area contributed by atoms with Crippen molar-refractivity contribution in [3.05, 3.63) is 63.9 Å². The third-order valence-corrected chi connectivity index (χ3v) is 4.26. The number of hydrogen-bond donors (Lipinski definition) is 1. The topological polar surface area (TPSA) is 58.5 Å². The molecule has 0 radical (unpaired) electrons. The van der Waals surface area contributed by atoms with Crippen molar-refractivity contribution in [3.63, 3.8) is 0 Å². The number of nitrogens with one attached hydrogen (secondary N) is 1. The van der Waals surface area contributed by atoms with Crippen molar-refractivity contribution in [1.82, 2.24) is 4.83 Å². The van der Waals surface area contributed by atoms with Crippen LogP contribution in [0, 0.1) is 5.82 Å². The summed E-state index contributed by atoms with van der Waals surface area (Å²) < 4.78 is 36.5. The van der Waals surface area contributed by atoms with Crippen LogP contribution in [-0.4, -0.2) is 14.6 Å². The lowest BCUT2D eigenvalue weighted by atomic mass is 10.2. The Hall–Kier alpha value is -1.63. The van der Waals surface area contributed by atoms with Gasteiger partial charge in [-0.3, -0.25) is 0 Å². The Morgan fingerprint density at radius 2 is 1.76 bits per heavy atom. The first-order chi connectivity index (χ1) is 9.88. The Kier molecular flexibility index (Phi) is 4.82. The molecule has 0 aromatic heterocycles. The molecule has 0 fully saturated rings. The molecule has 0 aliphatic rings. The van der Waals surface area contributed by atoms with Crippen LogP contribution in [0.15, 0.2) is 52.5 Å². The van der Waals surface area contributed by atoms with E-state index in [9.17, 15) is 12.8 Å². The van der Waals surface area contributed by atoms with Crippen LogP contribution in [0.1, 0.15) is 5.56 Å². The summed E-state index contributed by atoms with van der Waals surface area (Å²) in [4.78, 5) is 1.92. The maximum atomic E-state index is 12.8. The van der Waals surface area contributed by atoms with Crippen LogP contribution in [0.4, 0.5) is 4.39 Å². The van der Waals surface area contributed by atoms with E-state index in [1.54, 1.807) is 12.1 Å². The van der Waals surface area contributed by atoms with Crippen molar-refractivity contribution in [2.24, 2.45) is 5.10 Å². The SMILES string of the molecule is O=S(=O)(N/N=C/c1ccc(Cl)cc1Cl)c1ccc(F)cc1. The van der Waals surface area contributed by atoms with Gasteiger partial charge in [-0.25, -0.2) is 9.22 Å². The van der Waals surface area contributed by atoms with Gasteiger partial charge in [-0.05, 0) is 36.4 Å². The molecule has 0 heterocycles. The molecular formula is C13H9Cl2FN2O2S.